The molecule has 0 heterocycles. The van der Waals surface area contributed by atoms with Crippen molar-refractivity contribution in [3.63, 3.8) is 0 Å². The largest absolute Gasteiger partial charge is 0.288 e. The van der Waals surface area contributed by atoms with Gasteiger partial charge in [-0.3, -0.25) is 4.79 Å². The second kappa shape index (κ2) is 2.53. The molecular weight excluding hydrogens is 120 g/mol. The number of hydrogen-bond donors (Lipinski definition) is 0. The first-order valence-corrected chi connectivity index (χ1v) is 3.91. The van der Waals surface area contributed by atoms with Gasteiger partial charge in [0.2, 0.25) is 0 Å². The Balaban J connectivity index is 1.95. The molecule has 0 aliphatic heterocycles. The fraction of sp³-hybridized carbons (Fsp3) is 0.833. The minimum Gasteiger partial charge on any atom is -0.288 e. The van der Waals surface area contributed by atoms with E-state index in [1.807, 2.05) is 0 Å². The highest BCUT2D eigenvalue weighted by Crippen LogP contribution is 2.32. The lowest BCUT2D eigenvalue weighted by Crippen LogP contribution is -1.86. The van der Waals surface area contributed by atoms with Crippen molar-refractivity contribution in [3.05, 3.63) is 0 Å². The Labute approximate surface area is 53.8 Å². The van der Waals surface area contributed by atoms with Crippen LogP contribution in [0.2, 0.25) is 0 Å². The van der Waals surface area contributed by atoms with E-state index in [2.05, 4.69) is 0 Å². The molecule has 8 heavy (non-hydrogen) atoms. The SMILES string of the molecule is CC(=O)SCC1CC1. The third-order valence-electron chi connectivity index (χ3n) is 1.22. The van der Waals surface area contributed by atoms with E-state index in [0.29, 0.717) is 0 Å². The van der Waals surface area contributed by atoms with Crippen molar-refractivity contribution in [1.29, 1.82) is 0 Å². The van der Waals surface area contributed by atoms with E-state index < -0.39 is 0 Å². The molecule has 2 heteroatoms. The zero-order valence-electron chi connectivity index (χ0n) is 5.02. The summed E-state index contributed by atoms with van der Waals surface area (Å²) in [6.07, 6.45) is 2.70. The van der Waals surface area contributed by atoms with Crippen molar-refractivity contribution in [3.8, 4) is 0 Å². The Hall–Kier alpha value is 0.0200. The average Bonchev–Trinajstić information content (AvgIpc) is 2.41. The van der Waals surface area contributed by atoms with Crippen LogP contribution in [0.1, 0.15) is 19.8 Å². The summed E-state index contributed by atoms with van der Waals surface area (Å²) in [5, 5.41) is 0.261. The fourth-order valence-electron chi connectivity index (χ4n) is 0.520. The van der Waals surface area contributed by atoms with Crippen molar-refractivity contribution in [2.45, 2.75) is 19.8 Å². The second-order valence-electron chi connectivity index (χ2n) is 2.25. The van der Waals surface area contributed by atoms with Crippen molar-refractivity contribution in [2.24, 2.45) is 5.92 Å². The molecule has 0 aromatic heterocycles. The molecule has 1 aliphatic rings. The number of carbonyl (C=O) groups excluding carboxylic acids is 1. The van der Waals surface area contributed by atoms with E-state index in [-0.39, 0.29) is 5.12 Å². The summed E-state index contributed by atoms with van der Waals surface area (Å²) in [6.45, 7) is 1.63. The lowest BCUT2D eigenvalue weighted by molar-refractivity contribution is -0.109. The highest BCUT2D eigenvalue weighted by Gasteiger charge is 2.21. The van der Waals surface area contributed by atoms with Gasteiger partial charge in [0.1, 0.15) is 0 Å². The van der Waals surface area contributed by atoms with Gasteiger partial charge in [-0.2, -0.15) is 0 Å². The van der Waals surface area contributed by atoms with Crippen LogP contribution in [0.5, 0.6) is 0 Å². The molecule has 0 radical (unpaired) electrons. The molecule has 0 atom stereocenters. The van der Waals surface area contributed by atoms with E-state index in [9.17, 15) is 4.79 Å². The third kappa shape index (κ3) is 2.36. The molecule has 1 saturated carbocycles. The van der Waals surface area contributed by atoms with Crippen LogP contribution in [0.15, 0.2) is 0 Å². The molecule has 1 rings (SSSR count). The van der Waals surface area contributed by atoms with Gasteiger partial charge in [0.15, 0.2) is 5.12 Å². The summed E-state index contributed by atoms with van der Waals surface area (Å²) in [5.41, 5.74) is 0. The zero-order valence-corrected chi connectivity index (χ0v) is 5.83. The molecule has 1 fully saturated rings. The lowest BCUT2D eigenvalue weighted by Gasteiger charge is -1.88. The van der Waals surface area contributed by atoms with Gasteiger partial charge >= 0.3 is 0 Å². The van der Waals surface area contributed by atoms with Crippen LogP contribution in [0.4, 0.5) is 0 Å². The minimum absolute atomic E-state index is 0.261. The molecule has 1 aliphatic carbocycles. The summed E-state index contributed by atoms with van der Waals surface area (Å²) in [7, 11) is 0. The molecule has 46 valence electrons. The number of thioether (sulfide) groups is 1. The number of carbonyl (C=O) groups is 1. The summed E-state index contributed by atoms with van der Waals surface area (Å²) < 4.78 is 0. The summed E-state index contributed by atoms with van der Waals surface area (Å²) in [5.74, 6) is 1.94. The van der Waals surface area contributed by atoms with Crippen LogP contribution in [0.25, 0.3) is 0 Å². The highest BCUT2D eigenvalue weighted by atomic mass is 32.2. The molecular formula is C6H10OS. The van der Waals surface area contributed by atoms with Gasteiger partial charge in [-0.15, -0.1) is 0 Å². The van der Waals surface area contributed by atoms with Gasteiger partial charge in [-0.1, -0.05) is 11.8 Å². The molecule has 0 N–H and O–H groups in total. The first-order valence-electron chi connectivity index (χ1n) is 2.92. The zero-order chi connectivity index (χ0) is 5.98. The molecule has 1 nitrogen and oxygen atoms in total. The van der Waals surface area contributed by atoms with Crippen molar-refractivity contribution < 1.29 is 4.79 Å². The van der Waals surface area contributed by atoms with E-state index in [1.54, 1.807) is 6.92 Å². The van der Waals surface area contributed by atoms with Crippen molar-refractivity contribution >= 4 is 16.9 Å². The van der Waals surface area contributed by atoms with E-state index in [4.69, 9.17) is 0 Å². The minimum atomic E-state index is 0.261. The fourth-order valence-corrected chi connectivity index (χ4v) is 1.32. The van der Waals surface area contributed by atoms with E-state index in [1.165, 1.54) is 24.6 Å². The molecule has 0 aromatic carbocycles. The quantitative estimate of drug-likeness (QED) is 0.565. The molecule has 0 bridgehead atoms. The van der Waals surface area contributed by atoms with Crippen LogP contribution >= 0.6 is 11.8 Å². The Bertz CT molecular complexity index is 96.7. The van der Waals surface area contributed by atoms with Gasteiger partial charge in [0, 0.05) is 12.7 Å². The third-order valence-corrected chi connectivity index (χ3v) is 2.26. The van der Waals surface area contributed by atoms with Gasteiger partial charge < -0.3 is 0 Å². The Kier molecular flexibility index (Phi) is 1.95. The van der Waals surface area contributed by atoms with Gasteiger partial charge in [-0.05, 0) is 18.8 Å². The molecule has 0 amide bonds. The maximum atomic E-state index is 10.3. The molecule has 0 aromatic rings. The smallest absolute Gasteiger partial charge is 0.185 e. The van der Waals surface area contributed by atoms with Crippen molar-refractivity contribution in [2.75, 3.05) is 5.75 Å². The lowest BCUT2D eigenvalue weighted by atomic mass is 10.5. The van der Waals surface area contributed by atoms with Gasteiger partial charge in [0.25, 0.3) is 0 Å². The monoisotopic (exact) mass is 130 g/mol. The van der Waals surface area contributed by atoms with E-state index in [0.717, 1.165) is 11.7 Å². The maximum Gasteiger partial charge on any atom is 0.185 e. The number of hydrogen-bond acceptors (Lipinski definition) is 2. The van der Waals surface area contributed by atoms with Gasteiger partial charge in [-0.25, -0.2) is 0 Å². The maximum absolute atomic E-state index is 10.3. The Morgan fingerprint density at radius 2 is 2.38 bits per heavy atom. The van der Waals surface area contributed by atoms with Gasteiger partial charge in [0.05, 0.1) is 0 Å². The Morgan fingerprint density at radius 1 is 1.75 bits per heavy atom. The normalized spacial score (nSPS) is 18.6. The standard InChI is InChI=1S/C6H10OS/c1-5(7)8-4-6-2-3-6/h6H,2-4H2,1H3. The van der Waals surface area contributed by atoms with Crippen LogP contribution in [0.3, 0.4) is 0 Å². The summed E-state index contributed by atoms with van der Waals surface area (Å²) in [4.78, 5) is 10.3. The summed E-state index contributed by atoms with van der Waals surface area (Å²) in [6, 6.07) is 0. The molecule has 0 saturated heterocycles. The topological polar surface area (TPSA) is 17.1 Å². The predicted octanol–water partition coefficient (Wildman–Crippen LogP) is 1.68. The predicted molar refractivity (Wildman–Crippen MR) is 35.9 cm³/mol. The first kappa shape index (κ1) is 6.14. The van der Waals surface area contributed by atoms with Crippen LogP contribution in [0, 0.1) is 5.92 Å². The van der Waals surface area contributed by atoms with Crippen molar-refractivity contribution in [1.82, 2.24) is 0 Å². The summed E-state index contributed by atoms with van der Waals surface area (Å²) >= 11 is 1.46. The number of rotatable bonds is 2. The average molecular weight is 130 g/mol. The van der Waals surface area contributed by atoms with E-state index >= 15 is 0 Å². The second-order valence-corrected chi connectivity index (χ2v) is 3.44. The van der Waals surface area contributed by atoms with Crippen LogP contribution in [-0.4, -0.2) is 10.9 Å². The molecule has 0 spiro atoms. The highest BCUT2D eigenvalue weighted by molar-refractivity contribution is 8.13. The first-order chi connectivity index (χ1) is 3.79. The molecule has 0 unspecified atom stereocenters. The van der Waals surface area contributed by atoms with Crippen LogP contribution in [-0.2, 0) is 4.79 Å². The Morgan fingerprint density at radius 3 is 2.75 bits per heavy atom. The van der Waals surface area contributed by atoms with Crippen LogP contribution < -0.4 is 0 Å².